The molecule has 0 amide bonds. The highest BCUT2D eigenvalue weighted by Gasteiger charge is 2.29. The number of para-hydroxylation sites is 1. The summed E-state index contributed by atoms with van der Waals surface area (Å²) in [4.78, 5) is 13.4. The first kappa shape index (κ1) is 29.2. The molecule has 0 spiro atoms. The van der Waals surface area contributed by atoms with Crippen molar-refractivity contribution in [2.24, 2.45) is 0 Å². The Kier molecular flexibility index (Phi) is 6.99. The Morgan fingerprint density at radius 3 is 1.62 bits per heavy atom. The Hall–Kier alpha value is -6.92. The second-order valence-electron chi connectivity index (χ2n) is 12.3. The molecule has 50 heavy (non-hydrogen) atoms. The van der Waals surface area contributed by atoms with Gasteiger partial charge in [0, 0.05) is 33.4 Å². The normalized spacial score (nSPS) is 12.4. The molecule has 3 N–H and O–H groups in total. The Balaban J connectivity index is 1.64. The van der Waals surface area contributed by atoms with E-state index in [0.29, 0.717) is 5.56 Å². The highest BCUT2D eigenvalue weighted by Crippen LogP contribution is 2.48. The molecular formula is C44H30N4O2. The fourth-order valence-electron chi connectivity index (χ4n) is 6.92. The van der Waals surface area contributed by atoms with Crippen LogP contribution in [0.1, 0.15) is 22.8 Å². The van der Waals surface area contributed by atoms with Crippen molar-refractivity contribution in [2.75, 3.05) is 0 Å². The first-order valence-electron chi connectivity index (χ1n) is 16.5. The molecule has 5 heterocycles. The lowest BCUT2D eigenvalue weighted by atomic mass is 9.93. The lowest BCUT2D eigenvalue weighted by Gasteiger charge is -2.14. The first-order chi connectivity index (χ1) is 24.6. The highest BCUT2D eigenvalue weighted by molar-refractivity contribution is 6.11. The molecule has 0 atom stereocenters. The lowest BCUT2D eigenvalue weighted by Crippen LogP contribution is -1.98. The summed E-state index contributed by atoms with van der Waals surface area (Å²) in [6.07, 6.45) is 4.05. The maximum atomic E-state index is 11.8. The summed E-state index contributed by atoms with van der Waals surface area (Å²) in [5.41, 5.74) is 11.8. The van der Waals surface area contributed by atoms with Crippen molar-refractivity contribution in [1.29, 1.82) is 0 Å². The van der Waals surface area contributed by atoms with E-state index in [2.05, 4.69) is 52.0 Å². The summed E-state index contributed by atoms with van der Waals surface area (Å²) in [7, 11) is 0. The molecule has 6 heteroatoms. The lowest BCUT2D eigenvalue weighted by molar-refractivity contribution is 0.464. The fraction of sp³-hybridized carbons (Fsp3) is 0. The molecule has 2 aliphatic heterocycles. The van der Waals surface area contributed by atoms with Gasteiger partial charge in [0.2, 0.25) is 0 Å². The second kappa shape index (κ2) is 12.0. The van der Waals surface area contributed by atoms with Gasteiger partial charge in [-0.2, -0.15) is 0 Å². The Morgan fingerprint density at radius 2 is 1.00 bits per heavy atom. The van der Waals surface area contributed by atoms with E-state index in [1.807, 2.05) is 115 Å². The molecule has 9 rings (SSSR count). The summed E-state index contributed by atoms with van der Waals surface area (Å²) < 4.78 is 2.24. The van der Waals surface area contributed by atoms with E-state index in [9.17, 15) is 10.2 Å². The predicted octanol–water partition coefficient (Wildman–Crippen LogP) is 10.9. The van der Waals surface area contributed by atoms with Gasteiger partial charge in [0.1, 0.15) is 11.4 Å². The SMILES string of the molecule is OC1=C(O)c2nc1cc1ccc(cc3nc(cc4c(-c5ccccc5)c(-c5ccccc5)c(c2-c2ccccc2)n4-c2ccccc2)C=C3)[nH]1. The van der Waals surface area contributed by atoms with Crippen molar-refractivity contribution < 1.29 is 10.2 Å². The van der Waals surface area contributed by atoms with E-state index >= 15 is 0 Å². The molecule has 0 aliphatic carbocycles. The van der Waals surface area contributed by atoms with Gasteiger partial charge >= 0.3 is 0 Å². The molecule has 0 saturated heterocycles. The van der Waals surface area contributed by atoms with E-state index in [-0.39, 0.29) is 22.9 Å². The summed E-state index contributed by atoms with van der Waals surface area (Å²) in [6.45, 7) is 0. The van der Waals surface area contributed by atoms with Crippen LogP contribution in [0.25, 0.3) is 84.8 Å². The number of aromatic nitrogens is 4. The van der Waals surface area contributed by atoms with Crippen LogP contribution in [0, 0.1) is 0 Å². The number of rotatable bonds is 4. The molecule has 0 radical (unpaired) electrons. The second-order valence-corrected chi connectivity index (χ2v) is 12.3. The number of benzene rings is 4. The number of nitrogens with zero attached hydrogens (tertiary/aromatic N) is 3. The third kappa shape index (κ3) is 4.98. The Morgan fingerprint density at radius 1 is 0.480 bits per heavy atom. The topological polar surface area (TPSA) is 87.0 Å². The molecular weight excluding hydrogens is 617 g/mol. The van der Waals surface area contributed by atoms with Crippen LogP contribution in [-0.2, 0) is 0 Å². The highest BCUT2D eigenvalue weighted by atomic mass is 16.3. The number of nitrogens with one attached hydrogen (secondary N) is 1. The van der Waals surface area contributed by atoms with Crippen LogP contribution in [0.15, 0.2) is 152 Å². The van der Waals surface area contributed by atoms with E-state index in [4.69, 9.17) is 9.97 Å². The molecule has 7 aromatic rings. The van der Waals surface area contributed by atoms with Crippen LogP contribution in [0.4, 0.5) is 0 Å². The van der Waals surface area contributed by atoms with Crippen LogP contribution in [0.2, 0.25) is 0 Å². The quantitative estimate of drug-likeness (QED) is 0.178. The van der Waals surface area contributed by atoms with Gasteiger partial charge in [0.15, 0.2) is 11.5 Å². The third-order valence-electron chi connectivity index (χ3n) is 9.10. The van der Waals surface area contributed by atoms with Gasteiger partial charge in [-0.25, -0.2) is 9.97 Å². The number of H-pyrrole nitrogens is 1. The van der Waals surface area contributed by atoms with Crippen molar-refractivity contribution in [3.63, 3.8) is 0 Å². The summed E-state index contributed by atoms with van der Waals surface area (Å²) in [5, 5.41) is 23.3. The van der Waals surface area contributed by atoms with Crippen LogP contribution >= 0.6 is 0 Å². The maximum Gasteiger partial charge on any atom is 0.186 e. The minimum atomic E-state index is -0.286. The van der Waals surface area contributed by atoms with Gasteiger partial charge in [-0.15, -0.1) is 0 Å². The van der Waals surface area contributed by atoms with E-state index in [1.54, 1.807) is 6.07 Å². The molecule has 0 unspecified atom stereocenters. The van der Waals surface area contributed by atoms with Gasteiger partial charge < -0.3 is 19.8 Å². The molecule has 238 valence electrons. The predicted molar refractivity (Wildman–Crippen MR) is 203 cm³/mol. The minimum absolute atomic E-state index is 0.259. The van der Waals surface area contributed by atoms with Gasteiger partial charge in [-0.1, -0.05) is 109 Å². The number of hydrogen-bond acceptors (Lipinski definition) is 4. The van der Waals surface area contributed by atoms with Crippen molar-refractivity contribution in [1.82, 2.24) is 19.5 Å². The van der Waals surface area contributed by atoms with Crippen molar-refractivity contribution in [2.45, 2.75) is 0 Å². The van der Waals surface area contributed by atoms with Gasteiger partial charge in [0.25, 0.3) is 0 Å². The van der Waals surface area contributed by atoms with Crippen molar-refractivity contribution in [3.05, 3.63) is 174 Å². The molecule has 0 saturated carbocycles. The maximum absolute atomic E-state index is 11.8. The fourth-order valence-corrected chi connectivity index (χ4v) is 6.92. The zero-order valence-corrected chi connectivity index (χ0v) is 26.8. The molecule has 2 aliphatic rings. The number of aliphatic hydroxyl groups is 2. The first-order valence-corrected chi connectivity index (χ1v) is 16.5. The molecule has 8 bridgehead atoms. The number of fused-ring (bicyclic) bond motifs is 8. The monoisotopic (exact) mass is 646 g/mol. The third-order valence-corrected chi connectivity index (χ3v) is 9.10. The van der Waals surface area contributed by atoms with Crippen LogP contribution in [-0.4, -0.2) is 29.7 Å². The average molecular weight is 647 g/mol. The Bertz CT molecular complexity index is 2640. The number of aromatic amines is 1. The number of aliphatic hydroxyl groups excluding tert-OH is 2. The van der Waals surface area contributed by atoms with E-state index in [1.165, 1.54) is 0 Å². The molecule has 0 fully saturated rings. The largest absolute Gasteiger partial charge is 0.503 e. The standard InChI is InChI=1S/C44H30N4O2/c49-43-36-26-33-23-21-31(45-33)25-32-22-24-34(46-32)27-37-38(28-13-5-1-6-14-28)39(29-15-7-2-8-16-29)42(48(37)35-19-11-4-12-20-35)40(41(47-36)44(43)50)30-17-9-3-10-18-30/h1-27,45,49-50H. The van der Waals surface area contributed by atoms with Gasteiger partial charge in [-0.05, 0) is 71.3 Å². The molecule has 4 aromatic carbocycles. The van der Waals surface area contributed by atoms with Gasteiger partial charge in [-0.3, -0.25) is 0 Å². The zero-order valence-electron chi connectivity index (χ0n) is 26.8. The van der Waals surface area contributed by atoms with Gasteiger partial charge in [0.05, 0.1) is 22.4 Å². The van der Waals surface area contributed by atoms with Crippen molar-refractivity contribution >= 4 is 45.7 Å². The van der Waals surface area contributed by atoms with E-state index < -0.39 is 0 Å². The van der Waals surface area contributed by atoms with Crippen LogP contribution in [0.3, 0.4) is 0 Å². The summed E-state index contributed by atoms with van der Waals surface area (Å²) in [5.74, 6) is -0.569. The average Bonchev–Trinajstić information content (AvgIpc) is 3.94. The van der Waals surface area contributed by atoms with Crippen LogP contribution < -0.4 is 0 Å². The molecule has 6 nitrogen and oxygen atoms in total. The Labute approximate surface area is 288 Å². The minimum Gasteiger partial charge on any atom is -0.503 e. The zero-order chi connectivity index (χ0) is 33.6. The number of hydrogen-bond donors (Lipinski definition) is 3. The van der Waals surface area contributed by atoms with E-state index in [0.717, 1.165) is 67.0 Å². The smallest absolute Gasteiger partial charge is 0.186 e. The summed E-state index contributed by atoms with van der Waals surface area (Å²) in [6, 6.07) is 50.6. The van der Waals surface area contributed by atoms with Crippen LogP contribution in [0.5, 0.6) is 0 Å². The molecule has 3 aromatic heterocycles. The summed E-state index contributed by atoms with van der Waals surface area (Å²) >= 11 is 0. The van der Waals surface area contributed by atoms with Crippen molar-refractivity contribution in [3.8, 4) is 39.1 Å².